The monoisotopic (exact) mass is 314 g/mol. The number of anilines is 1. The summed E-state index contributed by atoms with van der Waals surface area (Å²) >= 11 is 0. The highest BCUT2D eigenvalue weighted by molar-refractivity contribution is 5.97. The number of nitrogens with one attached hydrogen (secondary N) is 1. The van der Waals surface area contributed by atoms with Crippen molar-refractivity contribution in [3.63, 3.8) is 0 Å². The van der Waals surface area contributed by atoms with Crippen molar-refractivity contribution in [2.75, 3.05) is 5.32 Å². The minimum absolute atomic E-state index is 0.0212. The summed E-state index contributed by atoms with van der Waals surface area (Å²) in [5, 5.41) is 15.2. The van der Waals surface area contributed by atoms with E-state index in [1.54, 1.807) is 19.1 Å². The van der Waals surface area contributed by atoms with Crippen molar-refractivity contribution >= 4 is 28.2 Å². The number of amides is 1. The number of pyridine rings is 1. The van der Waals surface area contributed by atoms with E-state index in [1.165, 1.54) is 6.07 Å². The molecule has 1 heterocycles. The topological polar surface area (TPSA) is 111 Å². The lowest BCUT2D eigenvalue weighted by molar-refractivity contribution is -0.383. The largest absolute Gasteiger partial charge is 0.381 e. The molecular weight excluding hydrogens is 296 g/mol. The van der Waals surface area contributed by atoms with Gasteiger partial charge in [-0.1, -0.05) is 18.6 Å². The molecule has 1 saturated carbocycles. The van der Waals surface area contributed by atoms with Crippen LogP contribution in [0.25, 0.3) is 10.9 Å². The Balaban J connectivity index is 2.06. The van der Waals surface area contributed by atoms with E-state index in [0.717, 1.165) is 24.9 Å². The number of non-ortho nitro benzene ring substituents is 1. The number of aryl methyl sites for hydroxylation is 1. The SMILES string of the molecule is Cc1cc(NC2CCCC2C(N)=O)c2cccc([N+](=O)[O-])c2n1. The third kappa shape index (κ3) is 2.81. The molecule has 0 radical (unpaired) electrons. The molecule has 0 bridgehead atoms. The molecule has 1 aromatic carbocycles. The highest BCUT2D eigenvalue weighted by Crippen LogP contribution is 2.33. The molecule has 7 nitrogen and oxygen atoms in total. The smallest absolute Gasteiger partial charge is 0.295 e. The second-order valence-electron chi connectivity index (χ2n) is 5.93. The van der Waals surface area contributed by atoms with E-state index in [4.69, 9.17) is 5.73 Å². The zero-order valence-electron chi connectivity index (χ0n) is 12.8. The van der Waals surface area contributed by atoms with Gasteiger partial charge in [-0.05, 0) is 25.8 Å². The van der Waals surface area contributed by atoms with Gasteiger partial charge in [-0.15, -0.1) is 0 Å². The Bertz CT molecular complexity index is 790. The van der Waals surface area contributed by atoms with E-state index < -0.39 is 4.92 Å². The van der Waals surface area contributed by atoms with Crippen LogP contribution in [0.5, 0.6) is 0 Å². The van der Waals surface area contributed by atoms with E-state index in [9.17, 15) is 14.9 Å². The summed E-state index contributed by atoms with van der Waals surface area (Å²) in [7, 11) is 0. The number of para-hydroxylation sites is 1. The van der Waals surface area contributed by atoms with Gasteiger partial charge < -0.3 is 11.1 Å². The molecule has 0 saturated heterocycles. The second-order valence-corrected chi connectivity index (χ2v) is 5.93. The number of hydrogen-bond acceptors (Lipinski definition) is 5. The normalized spacial score (nSPS) is 20.6. The number of primary amides is 1. The van der Waals surface area contributed by atoms with Gasteiger partial charge in [-0.3, -0.25) is 14.9 Å². The molecular formula is C16H18N4O3. The number of carbonyl (C=O) groups excluding carboxylic acids is 1. The van der Waals surface area contributed by atoms with E-state index in [0.29, 0.717) is 16.6 Å². The molecule has 23 heavy (non-hydrogen) atoms. The van der Waals surface area contributed by atoms with Gasteiger partial charge in [0.25, 0.3) is 5.69 Å². The molecule has 7 heteroatoms. The molecule has 1 fully saturated rings. The van der Waals surface area contributed by atoms with Crippen molar-refractivity contribution in [3.8, 4) is 0 Å². The molecule has 0 aliphatic heterocycles. The van der Waals surface area contributed by atoms with Gasteiger partial charge in [0.1, 0.15) is 0 Å². The Kier molecular flexibility index (Phi) is 3.85. The van der Waals surface area contributed by atoms with Crippen LogP contribution in [0.1, 0.15) is 25.0 Å². The quantitative estimate of drug-likeness (QED) is 0.665. The Labute approximate surface area is 133 Å². The molecule has 2 unspecified atom stereocenters. The summed E-state index contributed by atoms with van der Waals surface area (Å²) in [4.78, 5) is 26.6. The fourth-order valence-electron chi connectivity index (χ4n) is 3.30. The van der Waals surface area contributed by atoms with Crippen LogP contribution < -0.4 is 11.1 Å². The Hall–Kier alpha value is -2.70. The maximum Gasteiger partial charge on any atom is 0.295 e. The number of fused-ring (bicyclic) bond motifs is 1. The predicted octanol–water partition coefficient (Wildman–Crippen LogP) is 2.52. The van der Waals surface area contributed by atoms with Gasteiger partial charge in [0, 0.05) is 28.9 Å². The average molecular weight is 314 g/mol. The number of benzene rings is 1. The highest BCUT2D eigenvalue weighted by atomic mass is 16.6. The number of carbonyl (C=O) groups is 1. The van der Waals surface area contributed by atoms with Gasteiger partial charge in [0.05, 0.1) is 10.8 Å². The van der Waals surface area contributed by atoms with Crippen molar-refractivity contribution in [2.24, 2.45) is 11.7 Å². The maximum absolute atomic E-state index is 11.6. The van der Waals surface area contributed by atoms with Crippen LogP contribution in [-0.2, 0) is 4.79 Å². The molecule has 1 aliphatic rings. The van der Waals surface area contributed by atoms with Crippen LogP contribution >= 0.6 is 0 Å². The number of aromatic nitrogens is 1. The summed E-state index contributed by atoms with van der Waals surface area (Å²) in [5.74, 6) is -0.515. The first-order chi connectivity index (χ1) is 11.0. The lowest BCUT2D eigenvalue weighted by atomic mass is 10.0. The average Bonchev–Trinajstić information content (AvgIpc) is 2.94. The van der Waals surface area contributed by atoms with Crippen molar-refractivity contribution in [1.82, 2.24) is 4.98 Å². The first-order valence-electron chi connectivity index (χ1n) is 7.58. The summed E-state index contributed by atoms with van der Waals surface area (Å²) < 4.78 is 0. The van der Waals surface area contributed by atoms with Gasteiger partial charge >= 0.3 is 0 Å². The molecule has 120 valence electrons. The minimum Gasteiger partial charge on any atom is -0.381 e. The van der Waals surface area contributed by atoms with Crippen molar-refractivity contribution in [3.05, 3.63) is 40.1 Å². The lowest BCUT2D eigenvalue weighted by Crippen LogP contribution is -2.34. The molecule has 2 atom stereocenters. The van der Waals surface area contributed by atoms with Crippen LogP contribution in [0.15, 0.2) is 24.3 Å². The molecule has 0 spiro atoms. The predicted molar refractivity (Wildman–Crippen MR) is 87.1 cm³/mol. The molecule has 1 aromatic heterocycles. The van der Waals surface area contributed by atoms with Crippen molar-refractivity contribution in [1.29, 1.82) is 0 Å². The van der Waals surface area contributed by atoms with Crippen LogP contribution in [-0.4, -0.2) is 21.9 Å². The molecule has 1 amide bonds. The van der Waals surface area contributed by atoms with Crippen LogP contribution in [0, 0.1) is 23.0 Å². The summed E-state index contributed by atoms with van der Waals surface area (Å²) in [6.07, 6.45) is 2.56. The van der Waals surface area contributed by atoms with E-state index >= 15 is 0 Å². The zero-order chi connectivity index (χ0) is 16.6. The fraction of sp³-hybridized carbons (Fsp3) is 0.375. The number of hydrogen-bond donors (Lipinski definition) is 2. The Morgan fingerprint density at radius 3 is 2.91 bits per heavy atom. The third-order valence-electron chi connectivity index (χ3n) is 4.37. The van der Waals surface area contributed by atoms with E-state index in [2.05, 4.69) is 10.3 Å². The van der Waals surface area contributed by atoms with Gasteiger partial charge in [0.2, 0.25) is 5.91 Å². The highest BCUT2D eigenvalue weighted by Gasteiger charge is 2.32. The zero-order valence-corrected chi connectivity index (χ0v) is 12.8. The number of rotatable bonds is 4. The first-order valence-corrected chi connectivity index (χ1v) is 7.58. The summed E-state index contributed by atoms with van der Waals surface area (Å²) in [6, 6.07) is 6.69. The van der Waals surface area contributed by atoms with Gasteiger partial charge in [0.15, 0.2) is 5.52 Å². The Morgan fingerprint density at radius 1 is 1.43 bits per heavy atom. The lowest BCUT2D eigenvalue weighted by Gasteiger charge is -2.21. The second kappa shape index (κ2) is 5.83. The maximum atomic E-state index is 11.6. The van der Waals surface area contributed by atoms with Gasteiger partial charge in [-0.25, -0.2) is 4.98 Å². The van der Waals surface area contributed by atoms with E-state index in [-0.39, 0.29) is 23.6 Å². The number of nitro benzene ring substituents is 1. The van der Waals surface area contributed by atoms with Gasteiger partial charge in [-0.2, -0.15) is 0 Å². The van der Waals surface area contributed by atoms with Crippen LogP contribution in [0.2, 0.25) is 0 Å². The molecule has 3 N–H and O–H groups in total. The molecule has 3 rings (SSSR count). The Morgan fingerprint density at radius 2 is 2.22 bits per heavy atom. The molecule has 2 aromatic rings. The fourth-order valence-corrected chi connectivity index (χ4v) is 3.30. The first kappa shape index (κ1) is 15.2. The van der Waals surface area contributed by atoms with Crippen LogP contribution in [0.4, 0.5) is 11.4 Å². The number of nitro groups is 1. The third-order valence-corrected chi connectivity index (χ3v) is 4.37. The van der Waals surface area contributed by atoms with Crippen LogP contribution in [0.3, 0.4) is 0 Å². The summed E-state index contributed by atoms with van der Waals surface area (Å²) in [5.41, 5.74) is 7.24. The standard InChI is InChI=1S/C16H18N4O3/c1-9-8-13(19-12-6-2-5-11(12)16(17)21)10-4-3-7-14(20(22)23)15(10)18-9/h3-4,7-8,11-12H,2,5-6H2,1H3,(H2,17,21)(H,18,19). The molecule has 1 aliphatic carbocycles. The van der Waals surface area contributed by atoms with Crippen molar-refractivity contribution in [2.45, 2.75) is 32.2 Å². The number of nitrogens with two attached hydrogens (primary N) is 1. The van der Waals surface area contributed by atoms with Crippen molar-refractivity contribution < 1.29 is 9.72 Å². The van der Waals surface area contributed by atoms with E-state index in [1.807, 2.05) is 6.07 Å². The summed E-state index contributed by atoms with van der Waals surface area (Å²) in [6.45, 7) is 1.79. The minimum atomic E-state index is -0.430. The number of nitrogens with zero attached hydrogens (tertiary/aromatic N) is 2.